The van der Waals surface area contributed by atoms with Crippen LogP contribution in [0.3, 0.4) is 0 Å². The van der Waals surface area contributed by atoms with Gasteiger partial charge in [0, 0.05) is 67.2 Å². The number of carboxylic acid groups (broad SMARTS) is 1. The van der Waals surface area contributed by atoms with Crippen LogP contribution in [0.1, 0.15) is 70.5 Å². The van der Waals surface area contributed by atoms with Gasteiger partial charge in [0.25, 0.3) is 5.91 Å². The Morgan fingerprint density at radius 2 is 1.74 bits per heavy atom. The number of rotatable bonds is 15. The van der Waals surface area contributed by atoms with Crippen LogP contribution in [0.4, 0.5) is 16.1 Å². The van der Waals surface area contributed by atoms with Gasteiger partial charge in [-0.15, -0.1) is 22.7 Å². The lowest BCUT2D eigenvalue weighted by Crippen LogP contribution is -2.48. The summed E-state index contributed by atoms with van der Waals surface area (Å²) < 4.78 is 8.28. The summed E-state index contributed by atoms with van der Waals surface area (Å²) >= 11 is 4.55. The molecule has 0 radical (unpaired) electrons. The zero-order chi connectivity index (χ0) is 42.7. The number of benzene rings is 3. The minimum absolute atomic E-state index is 0.0750. The highest BCUT2D eigenvalue weighted by Crippen LogP contribution is 2.38. The highest BCUT2D eigenvalue weighted by atomic mass is 32.1. The van der Waals surface area contributed by atoms with Gasteiger partial charge in [0.05, 0.1) is 27.0 Å². The average Bonchev–Trinajstić information content (AvgIpc) is 4.04. The van der Waals surface area contributed by atoms with E-state index in [0.29, 0.717) is 59.2 Å². The first kappa shape index (κ1) is 41.9. The first-order chi connectivity index (χ1) is 30.2. The van der Waals surface area contributed by atoms with Crippen LogP contribution in [0, 0.1) is 11.8 Å². The molecular weight excluding hydrogens is 837 g/mol. The number of fused-ring (bicyclic) bond motifs is 3. The number of aromatic nitrogens is 4. The molecule has 1 amide bonds. The lowest BCUT2D eigenvalue weighted by molar-refractivity contribution is 0.0690. The molecule has 0 spiro atoms. The Morgan fingerprint density at radius 3 is 2.52 bits per heavy atom. The molecule has 1 fully saturated rings. The molecule has 7 aromatic rings. The van der Waals surface area contributed by atoms with Crippen molar-refractivity contribution in [2.24, 2.45) is 11.8 Å². The Balaban J connectivity index is 0.803. The normalized spacial score (nSPS) is 15.0. The maximum Gasteiger partial charge on any atom is 0.355 e. The Hall–Kier alpha value is -5.48. The quantitative estimate of drug-likeness (QED) is 0.0953. The van der Waals surface area contributed by atoms with E-state index in [9.17, 15) is 14.7 Å². The number of piperazine rings is 1. The number of ether oxygens (including phenoxy) is 1. The Kier molecular flexibility index (Phi) is 12.5. The fourth-order valence-electron chi connectivity index (χ4n) is 8.57. The van der Waals surface area contributed by atoms with E-state index in [2.05, 4.69) is 74.3 Å². The van der Waals surface area contributed by atoms with E-state index in [1.54, 1.807) is 17.7 Å². The van der Waals surface area contributed by atoms with Gasteiger partial charge in [-0.1, -0.05) is 74.9 Å². The van der Waals surface area contributed by atoms with Crippen LogP contribution in [-0.2, 0) is 19.4 Å². The molecular formula is C47H50N8O4S3. The number of hydrogen-bond donors (Lipinski definition) is 2. The van der Waals surface area contributed by atoms with Gasteiger partial charge >= 0.3 is 5.97 Å². The predicted molar refractivity (Wildman–Crippen MR) is 252 cm³/mol. The molecule has 9 rings (SSSR count). The van der Waals surface area contributed by atoms with Gasteiger partial charge in [0.2, 0.25) is 0 Å². The van der Waals surface area contributed by atoms with E-state index in [1.165, 1.54) is 29.1 Å². The number of aromatic carboxylic acids is 1. The van der Waals surface area contributed by atoms with Gasteiger partial charge in [0.15, 0.2) is 16.0 Å². The largest absolute Gasteiger partial charge is 0.494 e. The SMILES string of the molecule is CCC(CN1CCN(c2ncnc3c(-c4ccc(OCCCc5sc(N6CCc7cccc(C(=O)Nc8nc9ccccc9s8)c7C6)nc5C(=O)O)cc4)csc23)CC1)C(C)C. The molecule has 2 aliphatic heterocycles. The zero-order valence-corrected chi connectivity index (χ0v) is 37.6. The van der Waals surface area contributed by atoms with E-state index in [-0.39, 0.29) is 11.6 Å². The summed E-state index contributed by atoms with van der Waals surface area (Å²) in [6, 6.07) is 21.7. The molecule has 4 aromatic heterocycles. The summed E-state index contributed by atoms with van der Waals surface area (Å²) in [4.78, 5) is 52.4. The first-order valence-corrected chi connectivity index (χ1v) is 23.9. The number of amides is 1. The standard InChI is InChI=1S/C47H50N8O4S3/c1-4-30(29(2)3)25-53-20-22-54(23-21-53)43-42-40(48-28-49-43)36(27-60-42)32-14-16-33(17-15-32)59-24-8-13-39-41(45(57)58)51-47(62-39)55-19-18-31-9-7-10-34(35(31)26-55)44(56)52-46-50-37-11-5-6-12-38(37)61-46/h5-7,9-12,14-17,27-30H,4,8,13,18-26H2,1-3H3,(H,57,58)(H,50,52,56). The van der Waals surface area contributed by atoms with Crippen LogP contribution in [0.25, 0.3) is 31.6 Å². The monoisotopic (exact) mass is 886 g/mol. The number of thiazole rings is 2. The van der Waals surface area contributed by atoms with Crippen molar-refractivity contribution >= 4 is 82.4 Å². The van der Waals surface area contributed by atoms with Crippen molar-refractivity contribution in [3.8, 4) is 16.9 Å². The van der Waals surface area contributed by atoms with Gasteiger partial charge in [-0.05, 0) is 78.1 Å². The second-order valence-corrected chi connectivity index (χ2v) is 19.3. The number of anilines is 3. The fraction of sp³-hybridized carbons (Fsp3) is 0.362. The summed E-state index contributed by atoms with van der Waals surface area (Å²) in [6.45, 7) is 13.7. The van der Waals surface area contributed by atoms with Crippen LogP contribution in [0.5, 0.6) is 5.75 Å². The molecule has 1 atom stereocenters. The van der Waals surface area contributed by atoms with E-state index >= 15 is 0 Å². The third-order valence-corrected chi connectivity index (χ3v) is 15.2. The molecule has 0 bridgehead atoms. The van der Waals surface area contributed by atoms with E-state index in [4.69, 9.17) is 14.7 Å². The van der Waals surface area contributed by atoms with Gasteiger partial charge in [-0.2, -0.15) is 0 Å². The zero-order valence-electron chi connectivity index (χ0n) is 35.2. The second kappa shape index (κ2) is 18.5. The summed E-state index contributed by atoms with van der Waals surface area (Å²) in [7, 11) is 0. The van der Waals surface area contributed by atoms with E-state index < -0.39 is 5.97 Å². The van der Waals surface area contributed by atoms with Crippen LogP contribution < -0.4 is 19.9 Å². The van der Waals surface area contributed by atoms with E-state index in [0.717, 1.165) is 99.3 Å². The Bertz CT molecular complexity index is 2670. The van der Waals surface area contributed by atoms with Crippen LogP contribution in [0.15, 0.2) is 78.4 Å². The average molecular weight is 887 g/mol. The number of para-hydroxylation sites is 1. The summed E-state index contributed by atoms with van der Waals surface area (Å²) in [5.74, 6) is 1.95. The molecule has 12 nitrogen and oxygen atoms in total. The van der Waals surface area contributed by atoms with Crippen LogP contribution in [-0.4, -0.2) is 87.7 Å². The Labute approximate surface area is 373 Å². The van der Waals surface area contributed by atoms with Crippen molar-refractivity contribution in [2.45, 2.75) is 53.0 Å². The number of carbonyl (C=O) groups excluding carboxylic acids is 1. The maximum atomic E-state index is 13.6. The second-order valence-electron chi connectivity index (χ2n) is 16.3. The third-order valence-electron chi connectivity index (χ3n) is 12.1. The molecule has 2 N–H and O–H groups in total. The van der Waals surface area contributed by atoms with E-state index in [1.807, 2.05) is 48.5 Å². The number of hydrogen-bond acceptors (Lipinski definition) is 13. The maximum absolute atomic E-state index is 13.6. The summed E-state index contributed by atoms with van der Waals surface area (Å²) in [5.41, 5.74) is 6.66. The summed E-state index contributed by atoms with van der Waals surface area (Å²) in [6.07, 6.45) is 4.78. The topological polar surface area (TPSA) is 137 Å². The molecule has 0 aliphatic carbocycles. The number of carbonyl (C=O) groups is 2. The van der Waals surface area contributed by atoms with Crippen molar-refractivity contribution in [3.63, 3.8) is 0 Å². The van der Waals surface area contributed by atoms with Crippen molar-refractivity contribution in [1.82, 2.24) is 24.8 Å². The van der Waals surface area contributed by atoms with Crippen molar-refractivity contribution in [3.05, 3.63) is 106 Å². The highest BCUT2D eigenvalue weighted by molar-refractivity contribution is 7.22. The number of carboxylic acids is 1. The number of nitrogens with zero attached hydrogens (tertiary/aromatic N) is 7. The molecule has 3 aromatic carbocycles. The molecule has 6 heterocycles. The number of thiophene rings is 1. The molecule has 320 valence electrons. The van der Waals surface area contributed by atoms with Gasteiger partial charge in [-0.25, -0.2) is 24.7 Å². The number of aryl methyl sites for hydroxylation is 1. The van der Waals surface area contributed by atoms with Gasteiger partial charge in [0.1, 0.15) is 17.9 Å². The van der Waals surface area contributed by atoms with Crippen molar-refractivity contribution < 1.29 is 19.4 Å². The van der Waals surface area contributed by atoms with Crippen molar-refractivity contribution in [1.29, 1.82) is 0 Å². The van der Waals surface area contributed by atoms with Gasteiger partial charge in [-0.3, -0.25) is 15.0 Å². The molecule has 1 unspecified atom stereocenters. The minimum atomic E-state index is -1.05. The molecule has 1 saturated heterocycles. The van der Waals surface area contributed by atoms with Crippen molar-refractivity contribution in [2.75, 3.05) is 61.0 Å². The lowest BCUT2D eigenvalue weighted by atomic mass is 9.92. The van der Waals surface area contributed by atoms with Crippen LogP contribution in [0.2, 0.25) is 0 Å². The third kappa shape index (κ3) is 8.89. The lowest BCUT2D eigenvalue weighted by Gasteiger charge is -2.37. The smallest absolute Gasteiger partial charge is 0.355 e. The van der Waals surface area contributed by atoms with Crippen LogP contribution >= 0.6 is 34.0 Å². The highest BCUT2D eigenvalue weighted by Gasteiger charge is 2.28. The number of nitrogens with one attached hydrogen (secondary N) is 1. The fourth-order valence-corrected chi connectivity index (χ4v) is 11.6. The summed E-state index contributed by atoms with van der Waals surface area (Å²) in [5, 5.41) is 16.5. The molecule has 15 heteroatoms. The van der Waals surface area contributed by atoms with Gasteiger partial charge < -0.3 is 19.6 Å². The minimum Gasteiger partial charge on any atom is -0.494 e. The molecule has 2 aliphatic rings. The Morgan fingerprint density at radius 1 is 0.919 bits per heavy atom. The molecule has 62 heavy (non-hydrogen) atoms. The first-order valence-electron chi connectivity index (χ1n) is 21.4. The predicted octanol–water partition coefficient (Wildman–Crippen LogP) is 9.75. The molecule has 0 saturated carbocycles.